The molecule has 2 nitrogen and oxygen atoms in total. The van der Waals surface area contributed by atoms with Crippen LogP contribution in [0.2, 0.25) is 0 Å². The molecule has 0 radical (unpaired) electrons. The molecule has 0 aromatic carbocycles. The summed E-state index contributed by atoms with van der Waals surface area (Å²) in [6.07, 6.45) is 13.5. The van der Waals surface area contributed by atoms with E-state index < -0.39 is 5.97 Å². The molecule has 1 saturated carbocycles. The molecule has 1 rings (SSSR count). The van der Waals surface area contributed by atoms with Gasteiger partial charge in [-0.15, -0.1) is 0 Å². The zero-order valence-electron chi connectivity index (χ0n) is 10.3. The van der Waals surface area contributed by atoms with Crippen LogP contribution in [0.5, 0.6) is 0 Å². The summed E-state index contributed by atoms with van der Waals surface area (Å²) >= 11 is 0. The first kappa shape index (κ1) is 13.3. The Kier molecular flexibility index (Phi) is 6.20. The van der Waals surface area contributed by atoms with Crippen LogP contribution in [0.1, 0.15) is 58.3 Å². The second-order valence-corrected chi connectivity index (χ2v) is 4.97. The van der Waals surface area contributed by atoms with E-state index >= 15 is 0 Å². The smallest absolute Gasteiger partial charge is 0.327 e. The van der Waals surface area contributed by atoms with Crippen molar-refractivity contribution in [2.24, 2.45) is 11.8 Å². The average Bonchev–Trinajstić information content (AvgIpc) is 2.28. The summed E-state index contributed by atoms with van der Waals surface area (Å²) in [5.74, 6) is 0.602. The van der Waals surface area contributed by atoms with Crippen molar-refractivity contribution in [1.29, 1.82) is 0 Å². The van der Waals surface area contributed by atoms with Crippen LogP contribution in [-0.4, -0.2) is 11.1 Å². The summed E-state index contributed by atoms with van der Waals surface area (Å²) in [5.41, 5.74) is 0. The molecule has 0 bridgehead atoms. The fraction of sp³-hybridized carbons (Fsp3) is 0.786. The van der Waals surface area contributed by atoms with Gasteiger partial charge in [-0.3, -0.25) is 0 Å². The van der Waals surface area contributed by atoms with E-state index in [0.29, 0.717) is 5.92 Å². The Morgan fingerprint density at radius 3 is 2.50 bits per heavy atom. The molecular formula is C14H24O2. The van der Waals surface area contributed by atoms with E-state index in [0.717, 1.165) is 5.92 Å². The predicted molar refractivity (Wildman–Crippen MR) is 66.4 cm³/mol. The van der Waals surface area contributed by atoms with Crippen molar-refractivity contribution in [2.45, 2.75) is 58.3 Å². The Morgan fingerprint density at radius 1 is 1.25 bits per heavy atom. The number of carboxylic acids is 1. The molecule has 0 unspecified atom stereocenters. The van der Waals surface area contributed by atoms with Gasteiger partial charge in [0.2, 0.25) is 0 Å². The molecule has 0 aromatic rings. The third-order valence-electron chi connectivity index (χ3n) is 3.62. The number of carbonyl (C=O) groups is 1. The molecule has 0 saturated heterocycles. The molecule has 0 spiro atoms. The SMILES string of the molecule is CCCCCC1CCC(C=CC(=O)O)CC1. The van der Waals surface area contributed by atoms with Gasteiger partial charge in [0.25, 0.3) is 0 Å². The van der Waals surface area contributed by atoms with Gasteiger partial charge in [-0.05, 0) is 37.5 Å². The molecule has 1 aliphatic rings. The number of aliphatic carboxylic acids is 1. The van der Waals surface area contributed by atoms with Crippen LogP contribution >= 0.6 is 0 Å². The summed E-state index contributed by atoms with van der Waals surface area (Å²) in [4.78, 5) is 10.4. The molecule has 1 N–H and O–H groups in total. The van der Waals surface area contributed by atoms with Crippen molar-refractivity contribution in [3.8, 4) is 0 Å². The topological polar surface area (TPSA) is 37.3 Å². The third kappa shape index (κ3) is 5.34. The summed E-state index contributed by atoms with van der Waals surface area (Å²) < 4.78 is 0. The van der Waals surface area contributed by atoms with Crippen LogP contribution in [-0.2, 0) is 4.79 Å². The van der Waals surface area contributed by atoms with Crippen LogP contribution in [0.3, 0.4) is 0 Å². The van der Waals surface area contributed by atoms with Gasteiger partial charge in [0.05, 0.1) is 0 Å². The first-order valence-electron chi connectivity index (χ1n) is 6.63. The van der Waals surface area contributed by atoms with Gasteiger partial charge in [0.1, 0.15) is 0 Å². The van der Waals surface area contributed by atoms with Crippen molar-refractivity contribution in [3.05, 3.63) is 12.2 Å². The van der Waals surface area contributed by atoms with E-state index in [2.05, 4.69) is 6.92 Å². The van der Waals surface area contributed by atoms with Crippen LogP contribution in [0.4, 0.5) is 0 Å². The zero-order valence-corrected chi connectivity index (χ0v) is 10.3. The monoisotopic (exact) mass is 224 g/mol. The molecule has 0 aliphatic heterocycles. The Balaban J connectivity index is 2.15. The summed E-state index contributed by atoms with van der Waals surface area (Å²) in [6, 6.07) is 0. The van der Waals surface area contributed by atoms with E-state index in [1.165, 1.54) is 57.4 Å². The van der Waals surface area contributed by atoms with Gasteiger partial charge in [-0.1, -0.05) is 38.7 Å². The number of unbranched alkanes of at least 4 members (excludes halogenated alkanes) is 2. The van der Waals surface area contributed by atoms with Crippen molar-refractivity contribution in [3.63, 3.8) is 0 Å². The molecular weight excluding hydrogens is 200 g/mol. The molecule has 1 fully saturated rings. The number of hydrogen-bond acceptors (Lipinski definition) is 1. The molecule has 0 heterocycles. The molecule has 16 heavy (non-hydrogen) atoms. The molecule has 0 atom stereocenters. The Hall–Kier alpha value is -0.790. The minimum absolute atomic E-state index is 0.513. The summed E-state index contributed by atoms with van der Waals surface area (Å²) in [5, 5.41) is 8.55. The molecule has 0 amide bonds. The minimum Gasteiger partial charge on any atom is -0.478 e. The molecule has 2 heteroatoms. The highest BCUT2D eigenvalue weighted by atomic mass is 16.4. The molecule has 1 aliphatic carbocycles. The lowest BCUT2D eigenvalue weighted by molar-refractivity contribution is -0.131. The van der Waals surface area contributed by atoms with Crippen LogP contribution in [0.25, 0.3) is 0 Å². The van der Waals surface area contributed by atoms with Crippen molar-refractivity contribution < 1.29 is 9.90 Å². The quantitative estimate of drug-likeness (QED) is 0.546. The highest BCUT2D eigenvalue weighted by Crippen LogP contribution is 2.32. The number of rotatable bonds is 6. The van der Waals surface area contributed by atoms with Crippen molar-refractivity contribution in [1.82, 2.24) is 0 Å². The molecule has 0 aromatic heterocycles. The maximum atomic E-state index is 10.4. The predicted octanol–water partition coefficient (Wildman–Crippen LogP) is 4.01. The van der Waals surface area contributed by atoms with E-state index in [1.807, 2.05) is 6.08 Å². The largest absolute Gasteiger partial charge is 0.478 e. The second-order valence-electron chi connectivity index (χ2n) is 4.97. The third-order valence-corrected chi connectivity index (χ3v) is 3.62. The van der Waals surface area contributed by atoms with Gasteiger partial charge in [0, 0.05) is 6.08 Å². The fourth-order valence-corrected chi connectivity index (χ4v) is 2.57. The average molecular weight is 224 g/mol. The van der Waals surface area contributed by atoms with E-state index in [-0.39, 0.29) is 0 Å². The van der Waals surface area contributed by atoms with Gasteiger partial charge in [0.15, 0.2) is 0 Å². The normalized spacial score (nSPS) is 26.1. The zero-order chi connectivity index (χ0) is 11.8. The van der Waals surface area contributed by atoms with Gasteiger partial charge >= 0.3 is 5.97 Å². The van der Waals surface area contributed by atoms with Crippen LogP contribution in [0.15, 0.2) is 12.2 Å². The number of hydrogen-bond donors (Lipinski definition) is 1. The maximum Gasteiger partial charge on any atom is 0.327 e. The number of carboxylic acid groups (broad SMARTS) is 1. The van der Waals surface area contributed by atoms with Crippen LogP contribution in [0, 0.1) is 11.8 Å². The first-order valence-corrected chi connectivity index (χ1v) is 6.63. The van der Waals surface area contributed by atoms with Gasteiger partial charge in [-0.2, -0.15) is 0 Å². The Labute approximate surface area is 98.7 Å². The second kappa shape index (κ2) is 7.48. The fourth-order valence-electron chi connectivity index (χ4n) is 2.57. The van der Waals surface area contributed by atoms with E-state index in [1.54, 1.807) is 0 Å². The number of allylic oxidation sites excluding steroid dienone is 1. The van der Waals surface area contributed by atoms with Gasteiger partial charge < -0.3 is 5.11 Å². The van der Waals surface area contributed by atoms with Gasteiger partial charge in [-0.25, -0.2) is 4.79 Å². The lowest BCUT2D eigenvalue weighted by atomic mass is 9.79. The highest BCUT2D eigenvalue weighted by Gasteiger charge is 2.18. The lowest BCUT2D eigenvalue weighted by Gasteiger charge is -2.26. The van der Waals surface area contributed by atoms with Crippen molar-refractivity contribution in [2.75, 3.05) is 0 Å². The Bertz CT molecular complexity index is 225. The summed E-state index contributed by atoms with van der Waals surface area (Å²) in [6.45, 7) is 2.24. The highest BCUT2D eigenvalue weighted by molar-refractivity contribution is 5.79. The minimum atomic E-state index is -0.815. The van der Waals surface area contributed by atoms with Crippen molar-refractivity contribution >= 4 is 5.97 Å². The lowest BCUT2D eigenvalue weighted by Crippen LogP contribution is -2.13. The van der Waals surface area contributed by atoms with E-state index in [9.17, 15) is 4.79 Å². The maximum absolute atomic E-state index is 10.4. The standard InChI is InChI=1S/C14H24O2/c1-2-3-4-5-12-6-8-13(9-7-12)10-11-14(15)16/h10-13H,2-9H2,1H3,(H,15,16). The Morgan fingerprint density at radius 2 is 1.94 bits per heavy atom. The van der Waals surface area contributed by atoms with E-state index in [4.69, 9.17) is 5.11 Å². The summed E-state index contributed by atoms with van der Waals surface area (Å²) in [7, 11) is 0. The van der Waals surface area contributed by atoms with Crippen LogP contribution < -0.4 is 0 Å². The molecule has 92 valence electrons. The first-order chi connectivity index (χ1) is 7.72.